The molecule has 1 atom stereocenters. The number of pyridine rings is 2. The Morgan fingerprint density at radius 2 is 1.75 bits per heavy atom. The van der Waals surface area contributed by atoms with Crippen molar-refractivity contribution in [2.24, 2.45) is 14.1 Å². The second-order valence-corrected chi connectivity index (χ2v) is 13.5. The SMILES string of the molecule is Cc1nc2c(cc(-c3ccnc(-c4ccc5nn(C)nc5c4)c3)n2C)c(-c2cc(F)c3c(c2C)CCCO3)c1C(OC(C)(C)C)C(O)O. The van der Waals surface area contributed by atoms with Crippen LogP contribution in [0.3, 0.4) is 0 Å². The lowest BCUT2D eigenvalue weighted by atomic mass is 9.86. The van der Waals surface area contributed by atoms with Crippen LogP contribution in [0.4, 0.5) is 4.39 Å². The summed E-state index contributed by atoms with van der Waals surface area (Å²) in [6, 6.07) is 13.4. The number of aromatic nitrogens is 6. The Bertz CT molecular complexity index is 2210. The smallest absolute Gasteiger partial charge is 0.182 e. The number of benzene rings is 2. The molecule has 5 heterocycles. The van der Waals surface area contributed by atoms with Crippen molar-refractivity contribution in [3.63, 3.8) is 0 Å². The number of nitrogens with zero attached hydrogens (tertiary/aromatic N) is 6. The molecule has 0 amide bonds. The van der Waals surface area contributed by atoms with Crippen molar-refractivity contribution < 1.29 is 24.1 Å². The highest BCUT2D eigenvalue weighted by molar-refractivity contribution is 6.00. The van der Waals surface area contributed by atoms with Gasteiger partial charge in [0.15, 0.2) is 17.9 Å². The topological polar surface area (TPSA) is 120 Å². The van der Waals surface area contributed by atoms with E-state index in [2.05, 4.69) is 15.2 Å². The summed E-state index contributed by atoms with van der Waals surface area (Å²) in [7, 11) is 3.73. The van der Waals surface area contributed by atoms with Crippen LogP contribution < -0.4 is 4.74 Å². The first kappa shape index (κ1) is 31.9. The van der Waals surface area contributed by atoms with E-state index in [4.69, 9.17) is 14.5 Å². The van der Waals surface area contributed by atoms with Gasteiger partial charge in [-0.3, -0.25) is 4.98 Å². The standard InChI is InChI=1S/C37H39FN6O4/c1-19-23-9-8-14-47-33(23)26(38)17-24(19)32-25-18-30(43(6)35(25)40-20(2)31(32)34(36(45)46)48-37(3,4)5)22-12-13-39-28(16-22)21-10-11-27-29(15-21)42-44(7)41-27/h10-13,15-18,34,36,45-46H,8-9,14H2,1-7H3. The molecule has 0 aliphatic carbocycles. The zero-order valence-electron chi connectivity index (χ0n) is 28.2. The molecule has 7 rings (SSSR count). The van der Waals surface area contributed by atoms with Crippen LogP contribution >= 0.6 is 0 Å². The Morgan fingerprint density at radius 3 is 2.50 bits per heavy atom. The van der Waals surface area contributed by atoms with Crippen LogP contribution in [0.15, 0.2) is 48.7 Å². The Kier molecular flexibility index (Phi) is 7.81. The van der Waals surface area contributed by atoms with Gasteiger partial charge in [-0.05, 0) is 95.0 Å². The maximum Gasteiger partial charge on any atom is 0.182 e. The molecule has 0 saturated carbocycles. The second-order valence-electron chi connectivity index (χ2n) is 13.5. The largest absolute Gasteiger partial charge is 0.490 e. The van der Waals surface area contributed by atoms with E-state index in [-0.39, 0.29) is 5.75 Å². The van der Waals surface area contributed by atoms with Gasteiger partial charge in [0.05, 0.1) is 23.6 Å². The number of aryl methyl sites for hydroxylation is 3. The highest BCUT2D eigenvalue weighted by atomic mass is 19.1. The minimum atomic E-state index is -1.86. The number of hydrogen-bond donors (Lipinski definition) is 2. The molecule has 6 aromatic rings. The molecule has 2 N–H and O–H groups in total. The molecule has 0 radical (unpaired) electrons. The first-order chi connectivity index (χ1) is 22.8. The Labute approximate surface area is 277 Å². The van der Waals surface area contributed by atoms with Crippen LogP contribution in [0, 0.1) is 19.7 Å². The van der Waals surface area contributed by atoms with Gasteiger partial charge >= 0.3 is 0 Å². The van der Waals surface area contributed by atoms with Crippen molar-refractivity contribution in [3.8, 4) is 39.4 Å². The van der Waals surface area contributed by atoms with E-state index in [9.17, 15) is 10.2 Å². The average molecular weight is 651 g/mol. The van der Waals surface area contributed by atoms with Gasteiger partial charge in [0.2, 0.25) is 0 Å². The van der Waals surface area contributed by atoms with E-state index in [0.29, 0.717) is 41.1 Å². The van der Waals surface area contributed by atoms with Gasteiger partial charge in [-0.1, -0.05) is 6.07 Å². The maximum absolute atomic E-state index is 15.8. The molecule has 0 fully saturated rings. The first-order valence-electron chi connectivity index (χ1n) is 16.1. The van der Waals surface area contributed by atoms with E-state index in [1.165, 1.54) is 6.07 Å². The number of halogens is 1. The fraction of sp³-hybridized carbons (Fsp3) is 0.351. The van der Waals surface area contributed by atoms with Crippen LogP contribution in [-0.4, -0.2) is 58.2 Å². The zero-order valence-corrected chi connectivity index (χ0v) is 28.2. The summed E-state index contributed by atoms with van der Waals surface area (Å²) in [5.41, 5.74) is 8.97. The minimum Gasteiger partial charge on any atom is -0.490 e. The molecule has 48 heavy (non-hydrogen) atoms. The Hall–Kier alpha value is -4.71. The quantitative estimate of drug-likeness (QED) is 0.196. The van der Waals surface area contributed by atoms with E-state index >= 15 is 4.39 Å². The summed E-state index contributed by atoms with van der Waals surface area (Å²) in [6.45, 7) is 9.83. The van der Waals surface area contributed by atoms with Gasteiger partial charge in [-0.2, -0.15) is 15.0 Å². The van der Waals surface area contributed by atoms with Gasteiger partial charge in [0.25, 0.3) is 0 Å². The van der Waals surface area contributed by atoms with E-state index in [1.807, 2.05) is 82.6 Å². The lowest BCUT2D eigenvalue weighted by Crippen LogP contribution is -2.31. The maximum atomic E-state index is 15.8. The molecule has 0 spiro atoms. The first-order valence-corrected chi connectivity index (χ1v) is 16.1. The molecule has 10 nitrogen and oxygen atoms in total. The van der Waals surface area contributed by atoms with Crippen molar-refractivity contribution in [1.82, 2.24) is 29.5 Å². The lowest BCUT2D eigenvalue weighted by Gasteiger charge is -2.32. The number of rotatable bonds is 6. The third-order valence-corrected chi connectivity index (χ3v) is 8.98. The van der Waals surface area contributed by atoms with Crippen molar-refractivity contribution >= 4 is 22.1 Å². The molecule has 1 aliphatic rings. The Morgan fingerprint density at radius 1 is 0.979 bits per heavy atom. The van der Waals surface area contributed by atoms with Crippen LogP contribution in [0.2, 0.25) is 0 Å². The normalized spacial score (nSPS) is 14.1. The summed E-state index contributed by atoms with van der Waals surface area (Å²) < 4.78 is 29.9. The monoisotopic (exact) mass is 650 g/mol. The van der Waals surface area contributed by atoms with Crippen molar-refractivity contribution in [1.29, 1.82) is 0 Å². The molecular weight excluding hydrogens is 611 g/mol. The number of ether oxygens (including phenoxy) is 2. The second kappa shape index (κ2) is 11.8. The van der Waals surface area contributed by atoms with Crippen molar-refractivity contribution in [2.75, 3.05) is 6.61 Å². The van der Waals surface area contributed by atoms with Crippen LogP contribution in [-0.2, 0) is 25.3 Å². The summed E-state index contributed by atoms with van der Waals surface area (Å²) in [6.07, 6.45) is 0.220. The number of aliphatic hydroxyl groups is 2. The molecule has 11 heteroatoms. The van der Waals surface area contributed by atoms with E-state index in [1.54, 1.807) is 18.0 Å². The molecule has 1 aliphatic heterocycles. The average Bonchev–Trinajstić information content (AvgIpc) is 3.58. The fourth-order valence-electron chi connectivity index (χ4n) is 6.87. The van der Waals surface area contributed by atoms with E-state index in [0.717, 1.165) is 56.5 Å². The zero-order chi connectivity index (χ0) is 34.1. The van der Waals surface area contributed by atoms with Gasteiger partial charge in [-0.15, -0.1) is 0 Å². The number of aliphatic hydroxyl groups excluding tert-OH is 1. The predicted octanol–water partition coefficient (Wildman–Crippen LogP) is 6.50. The van der Waals surface area contributed by atoms with Crippen molar-refractivity contribution in [2.45, 2.75) is 65.5 Å². The number of fused-ring (bicyclic) bond motifs is 3. The summed E-state index contributed by atoms with van der Waals surface area (Å²) in [4.78, 5) is 11.2. The van der Waals surface area contributed by atoms with Crippen LogP contribution in [0.25, 0.3) is 55.7 Å². The molecular formula is C37H39FN6O4. The van der Waals surface area contributed by atoms with E-state index < -0.39 is 23.8 Å². The lowest BCUT2D eigenvalue weighted by molar-refractivity contribution is -0.185. The molecule has 1 unspecified atom stereocenters. The molecule has 4 aromatic heterocycles. The highest BCUT2D eigenvalue weighted by Crippen LogP contribution is 2.46. The summed E-state index contributed by atoms with van der Waals surface area (Å²) >= 11 is 0. The molecule has 248 valence electrons. The summed E-state index contributed by atoms with van der Waals surface area (Å²) in [5.74, 6) is -0.166. The highest BCUT2D eigenvalue weighted by Gasteiger charge is 2.34. The molecule has 2 aromatic carbocycles. The minimum absolute atomic E-state index is 0.286. The van der Waals surface area contributed by atoms with Gasteiger partial charge < -0.3 is 24.3 Å². The van der Waals surface area contributed by atoms with Crippen LogP contribution in [0.5, 0.6) is 5.75 Å². The number of hydrogen-bond acceptors (Lipinski definition) is 8. The molecule has 0 saturated heterocycles. The van der Waals surface area contributed by atoms with Gasteiger partial charge in [-0.25, -0.2) is 9.37 Å². The van der Waals surface area contributed by atoms with Crippen molar-refractivity contribution in [3.05, 3.63) is 76.9 Å². The summed E-state index contributed by atoms with van der Waals surface area (Å²) in [5, 5.41) is 31.0. The molecule has 0 bridgehead atoms. The van der Waals surface area contributed by atoms with Gasteiger partial charge in [0.1, 0.15) is 22.8 Å². The Balaban J connectivity index is 1.48. The van der Waals surface area contributed by atoms with Crippen LogP contribution in [0.1, 0.15) is 55.7 Å². The van der Waals surface area contributed by atoms with Gasteiger partial charge in [0, 0.05) is 59.2 Å². The fourth-order valence-corrected chi connectivity index (χ4v) is 6.87. The third kappa shape index (κ3) is 5.51. The predicted molar refractivity (Wildman–Crippen MR) is 182 cm³/mol. The third-order valence-electron chi connectivity index (χ3n) is 8.98.